The minimum absolute atomic E-state index is 0.0370. The second kappa shape index (κ2) is 5.67. The summed E-state index contributed by atoms with van der Waals surface area (Å²) < 4.78 is 1.70. The van der Waals surface area contributed by atoms with Gasteiger partial charge in [-0.3, -0.25) is 14.9 Å². The highest BCUT2D eigenvalue weighted by Gasteiger charge is 2.43. The first-order valence-electron chi connectivity index (χ1n) is 8.32. The van der Waals surface area contributed by atoms with Crippen LogP contribution < -0.4 is 5.32 Å². The normalized spacial score (nSPS) is 21.0. The number of nitrogens with one attached hydrogen (secondary N) is 1. The molecule has 134 valence electrons. The van der Waals surface area contributed by atoms with Gasteiger partial charge in [0.1, 0.15) is 16.9 Å². The predicted molar refractivity (Wildman–Crippen MR) is 97.1 cm³/mol. The molecule has 1 aromatic heterocycles. The van der Waals surface area contributed by atoms with Gasteiger partial charge in [0.2, 0.25) is 0 Å². The molecule has 0 amide bonds. The molecule has 2 aliphatic rings. The van der Waals surface area contributed by atoms with Gasteiger partial charge in [-0.05, 0) is 24.5 Å². The molecule has 4 rings (SSSR count). The van der Waals surface area contributed by atoms with E-state index in [9.17, 15) is 14.9 Å². The topological polar surface area (TPSA) is 90.1 Å². The number of nitro groups is 1. The Morgan fingerprint density at radius 1 is 1.38 bits per heavy atom. The van der Waals surface area contributed by atoms with Crippen LogP contribution in [0.3, 0.4) is 0 Å². The van der Waals surface area contributed by atoms with Crippen molar-refractivity contribution in [1.29, 1.82) is 0 Å². The molecule has 1 atom stereocenters. The number of fused-ring (bicyclic) bond motifs is 1. The molecule has 0 fully saturated rings. The van der Waals surface area contributed by atoms with E-state index in [2.05, 4.69) is 10.4 Å². The van der Waals surface area contributed by atoms with Crippen LogP contribution in [0.25, 0.3) is 0 Å². The molecule has 2 aromatic rings. The van der Waals surface area contributed by atoms with Gasteiger partial charge in [-0.2, -0.15) is 5.10 Å². The smallest absolute Gasteiger partial charge is 0.288 e. The number of nitrogens with zero attached hydrogens (tertiary/aromatic N) is 3. The molecule has 8 heteroatoms. The summed E-state index contributed by atoms with van der Waals surface area (Å²) in [5.41, 5.74) is 1.44. The van der Waals surface area contributed by atoms with Gasteiger partial charge in [-0.25, -0.2) is 4.68 Å². The third kappa shape index (κ3) is 2.42. The zero-order valence-electron chi connectivity index (χ0n) is 14.3. The van der Waals surface area contributed by atoms with E-state index in [1.807, 2.05) is 19.9 Å². The molecule has 26 heavy (non-hydrogen) atoms. The summed E-state index contributed by atoms with van der Waals surface area (Å²) in [5.74, 6) is 0.800. The highest BCUT2D eigenvalue weighted by Crippen LogP contribution is 2.46. The number of halogens is 1. The fourth-order valence-corrected chi connectivity index (χ4v) is 3.84. The molecule has 0 bridgehead atoms. The van der Waals surface area contributed by atoms with Gasteiger partial charge in [0.05, 0.1) is 11.1 Å². The number of aromatic nitrogens is 2. The van der Waals surface area contributed by atoms with E-state index in [4.69, 9.17) is 11.6 Å². The number of rotatable bonds is 2. The van der Waals surface area contributed by atoms with E-state index in [-0.39, 0.29) is 16.5 Å². The number of allylic oxidation sites excluding steroid dienone is 2. The van der Waals surface area contributed by atoms with Gasteiger partial charge in [0.15, 0.2) is 5.78 Å². The van der Waals surface area contributed by atoms with Crippen molar-refractivity contribution < 1.29 is 9.72 Å². The molecular formula is C18H17ClN4O3. The number of ketones is 1. The minimum Gasteiger partial charge on any atom is -0.343 e. The van der Waals surface area contributed by atoms with Crippen LogP contribution in [-0.2, 0) is 4.79 Å². The molecule has 0 saturated heterocycles. The maximum Gasteiger partial charge on any atom is 0.288 e. The summed E-state index contributed by atoms with van der Waals surface area (Å²) in [6.07, 6.45) is 3.14. The molecule has 1 aromatic carbocycles. The molecule has 7 nitrogen and oxygen atoms in total. The summed E-state index contributed by atoms with van der Waals surface area (Å²) in [6.45, 7) is 3.86. The van der Waals surface area contributed by atoms with Gasteiger partial charge < -0.3 is 5.32 Å². The maximum absolute atomic E-state index is 13.2. The molecule has 0 saturated carbocycles. The quantitative estimate of drug-likeness (QED) is 0.633. The molecule has 2 heterocycles. The van der Waals surface area contributed by atoms with Crippen molar-refractivity contribution in [2.75, 3.05) is 5.32 Å². The Bertz CT molecular complexity index is 977. The van der Waals surface area contributed by atoms with Gasteiger partial charge in [0, 0.05) is 28.8 Å². The van der Waals surface area contributed by atoms with Crippen LogP contribution in [0.15, 0.2) is 41.7 Å². The van der Waals surface area contributed by atoms with Gasteiger partial charge in [-0.15, -0.1) is 0 Å². The molecule has 0 spiro atoms. The van der Waals surface area contributed by atoms with Gasteiger partial charge >= 0.3 is 0 Å². The lowest BCUT2D eigenvalue weighted by molar-refractivity contribution is -0.384. The van der Waals surface area contributed by atoms with Gasteiger partial charge in [0.25, 0.3) is 5.69 Å². The van der Waals surface area contributed by atoms with Crippen molar-refractivity contribution in [2.45, 2.75) is 32.7 Å². The van der Waals surface area contributed by atoms with Crippen LogP contribution >= 0.6 is 11.6 Å². The standard InChI is InChI=1S/C18H17ClN4O3/c1-18(2)7-5-12-15(17(18)24)16(22-14(21-12)6-8-20-22)10-3-4-11(19)13(9-10)23(25)26/h3-4,6,8-9,16,21H,5,7H2,1-2H3. The lowest BCUT2D eigenvalue weighted by Crippen LogP contribution is -2.39. The zero-order valence-corrected chi connectivity index (χ0v) is 15.1. The number of carbonyl (C=O) groups is 1. The number of Topliss-reactive ketones (excluding diaryl/α,β-unsaturated/α-hetero) is 1. The first-order chi connectivity index (χ1) is 12.3. The fraction of sp³-hybridized carbons (Fsp3) is 0.333. The largest absolute Gasteiger partial charge is 0.343 e. The lowest BCUT2D eigenvalue weighted by Gasteiger charge is -2.38. The second-order valence-electron chi connectivity index (χ2n) is 7.26. The average molecular weight is 373 g/mol. The summed E-state index contributed by atoms with van der Waals surface area (Å²) in [5, 5.41) is 19.0. The summed E-state index contributed by atoms with van der Waals surface area (Å²) >= 11 is 5.97. The average Bonchev–Trinajstić information content (AvgIpc) is 3.05. The van der Waals surface area contributed by atoms with E-state index in [1.54, 1.807) is 16.9 Å². The Morgan fingerprint density at radius 3 is 2.88 bits per heavy atom. The lowest BCUT2D eigenvalue weighted by atomic mass is 9.71. The van der Waals surface area contributed by atoms with Crippen LogP contribution in [0.1, 0.15) is 38.3 Å². The summed E-state index contributed by atoms with van der Waals surface area (Å²) in [6, 6.07) is 5.96. The minimum atomic E-state index is -0.515. The third-order valence-corrected chi connectivity index (χ3v) is 5.45. The number of hydrogen-bond acceptors (Lipinski definition) is 5. The van der Waals surface area contributed by atoms with E-state index in [1.165, 1.54) is 12.1 Å². The Morgan fingerprint density at radius 2 is 2.15 bits per heavy atom. The van der Waals surface area contributed by atoms with Crippen molar-refractivity contribution in [1.82, 2.24) is 9.78 Å². The fourth-order valence-electron chi connectivity index (χ4n) is 3.65. The molecule has 1 aliphatic carbocycles. The Hall–Kier alpha value is -2.67. The van der Waals surface area contributed by atoms with E-state index in [0.29, 0.717) is 11.1 Å². The van der Waals surface area contributed by atoms with E-state index >= 15 is 0 Å². The number of hydrogen-bond donors (Lipinski definition) is 1. The van der Waals surface area contributed by atoms with E-state index < -0.39 is 16.4 Å². The van der Waals surface area contributed by atoms with Gasteiger partial charge in [-0.1, -0.05) is 31.5 Å². The Balaban J connectivity index is 1.93. The number of carbonyl (C=O) groups excluding carboxylic acids is 1. The zero-order chi connectivity index (χ0) is 18.6. The molecular weight excluding hydrogens is 356 g/mol. The predicted octanol–water partition coefficient (Wildman–Crippen LogP) is 4.10. The monoisotopic (exact) mass is 372 g/mol. The van der Waals surface area contributed by atoms with Crippen LogP contribution in [0.4, 0.5) is 11.5 Å². The Kier molecular flexibility index (Phi) is 3.66. The third-order valence-electron chi connectivity index (χ3n) is 5.13. The first kappa shape index (κ1) is 16.8. The van der Waals surface area contributed by atoms with Crippen LogP contribution in [0, 0.1) is 15.5 Å². The van der Waals surface area contributed by atoms with Crippen LogP contribution in [0.5, 0.6) is 0 Å². The Labute approximate surface area is 154 Å². The van der Waals surface area contributed by atoms with Crippen molar-refractivity contribution in [3.63, 3.8) is 0 Å². The summed E-state index contributed by atoms with van der Waals surface area (Å²) in [4.78, 5) is 24.0. The number of anilines is 1. The van der Waals surface area contributed by atoms with Crippen molar-refractivity contribution in [2.24, 2.45) is 5.41 Å². The van der Waals surface area contributed by atoms with Crippen molar-refractivity contribution in [3.05, 3.63) is 62.4 Å². The van der Waals surface area contributed by atoms with Crippen LogP contribution in [0.2, 0.25) is 5.02 Å². The number of nitro benzene ring substituents is 1. The molecule has 0 radical (unpaired) electrons. The second-order valence-corrected chi connectivity index (χ2v) is 7.67. The number of benzene rings is 1. The highest BCUT2D eigenvalue weighted by atomic mass is 35.5. The van der Waals surface area contributed by atoms with E-state index in [0.717, 1.165) is 24.4 Å². The summed E-state index contributed by atoms with van der Waals surface area (Å²) in [7, 11) is 0. The van der Waals surface area contributed by atoms with Crippen molar-refractivity contribution in [3.8, 4) is 0 Å². The molecule has 1 unspecified atom stereocenters. The van der Waals surface area contributed by atoms with Crippen LogP contribution in [-0.4, -0.2) is 20.5 Å². The molecule has 1 N–H and O–H groups in total. The molecule has 1 aliphatic heterocycles. The van der Waals surface area contributed by atoms with Crippen molar-refractivity contribution >= 4 is 28.9 Å². The SMILES string of the molecule is CC1(C)CCC2=C(C1=O)C(c1ccc(Cl)c([N+](=O)[O-])c1)n1nccc1N2. The first-order valence-corrected chi connectivity index (χ1v) is 8.69. The maximum atomic E-state index is 13.2. The highest BCUT2D eigenvalue weighted by molar-refractivity contribution is 6.32.